The van der Waals surface area contributed by atoms with Crippen molar-refractivity contribution in [2.45, 2.75) is 0 Å². The molecular formula is H10O5P4. The van der Waals surface area contributed by atoms with Crippen LogP contribution in [0.4, 0.5) is 0 Å². The van der Waals surface area contributed by atoms with Crippen molar-refractivity contribution in [3.8, 4) is 0 Å². The SMILES string of the molecule is OP(O)OP(O)O.P.P. The van der Waals surface area contributed by atoms with Gasteiger partial charge in [0.05, 0.1) is 0 Å². The van der Waals surface area contributed by atoms with Gasteiger partial charge in [-0.15, -0.1) is 0 Å². The van der Waals surface area contributed by atoms with Gasteiger partial charge in [0.15, 0.2) is 0 Å². The quantitative estimate of drug-likeness (QED) is 0.467. The van der Waals surface area contributed by atoms with E-state index in [2.05, 4.69) is 4.31 Å². The van der Waals surface area contributed by atoms with Crippen molar-refractivity contribution in [2.24, 2.45) is 0 Å². The van der Waals surface area contributed by atoms with Crippen molar-refractivity contribution in [3.63, 3.8) is 0 Å². The van der Waals surface area contributed by atoms with E-state index in [1.807, 2.05) is 0 Å². The third-order valence-electron chi connectivity index (χ3n) is 0.146. The molecule has 0 aromatic heterocycles. The second-order valence-electron chi connectivity index (χ2n) is 0.587. The van der Waals surface area contributed by atoms with Gasteiger partial charge in [-0.05, 0) is 0 Å². The second kappa shape index (κ2) is 9.52. The summed E-state index contributed by atoms with van der Waals surface area (Å²) in [4.78, 5) is 31.3. The highest BCUT2D eigenvalue weighted by atomic mass is 31.2. The molecule has 0 aliphatic carbocycles. The van der Waals surface area contributed by atoms with Crippen LogP contribution in [0.3, 0.4) is 0 Å². The Morgan fingerprint density at radius 1 is 0.778 bits per heavy atom. The van der Waals surface area contributed by atoms with Gasteiger partial charge in [-0.2, -0.15) is 19.8 Å². The predicted molar refractivity (Wildman–Crippen MR) is 46.0 cm³/mol. The zero-order valence-corrected chi connectivity index (χ0v) is 9.12. The summed E-state index contributed by atoms with van der Waals surface area (Å²) in [7, 11) is -5.22. The molecule has 0 aromatic rings. The van der Waals surface area contributed by atoms with Crippen LogP contribution >= 0.6 is 37.0 Å². The van der Waals surface area contributed by atoms with E-state index in [1.54, 1.807) is 0 Å². The van der Waals surface area contributed by atoms with E-state index >= 15 is 0 Å². The molecule has 0 spiro atoms. The largest absolute Gasteiger partial charge is 0.334 e. The Morgan fingerprint density at radius 2 is 1.00 bits per heavy atom. The maximum absolute atomic E-state index is 7.82. The Balaban J connectivity index is -0.000000180. The molecule has 0 bridgehead atoms. The van der Waals surface area contributed by atoms with Crippen molar-refractivity contribution >= 4 is 37.0 Å². The van der Waals surface area contributed by atoms with Crippen LogP contribution in [-0.2, 0) is 4.31 Å². The van der Waals surface area contributed by atoms with Crippen molar-refractivity contribution in [3.05, 3.63) is 0 Å². The molecule has 0 aromatic carbocycles. The van der Waals surface area contributed by atoms with E-state index < -0.39 is 17.2 Å². The van der Waals surface area contributed by atoms with Crippen LogP contribution in [0.25, 0.3) is 0 Å². The van der Waals surface area contributed by atoms with Gasteiger partial charge in [0.1, 0.15) is 0 Å². The summed E-state index contributed by atoms with van der Waals surface area (Å²) in [5.74, 6) is 0. The molecule has 0 saturated heterocycles. The number of rotatable bonds is 2. The lowest BCUT2D eigenvalue weighted by molar-refractivity contribution is 0.324. The second-order valence-corrected chi connectivity index (χ2v) is 2.25. The molecule has 9 heteroatoms. The molecule has 2 unspecified atom stereocenters. The summed E-state index contributed by atoms with van der Waals surface area (Å²) in [6.45, 7) is 0. The minimum atomic E-state index is -2.61. The van der Waals surface area contributed by atoms with E-state index in [0.29, 0.717) is 0 Å². The van der Waals surface area contributed by atoms with E-state index in [0.717, 1.165) is 0 Å². The van der Waals surface area contributed by atoms with Gasteiger partial charge < -0.3 is 19.6 Å². The number of hydrogen-bond acceptors (Lipinski definition) is 5. The molecule has 0 radical (unpaired) electrons. The predicted octanol–water partition coefficient (Wildman–Crippen LogP) is -0.458. The maximum atomic E-state index is 7.82. The van der Waals surface area contributed by atoms with Crippen LogP contribution < -0.4 is 0 Å². The third-order valence-corrected chi connectivity index (χ3v) is 1.31. The van der Waals surface area contributed by atoms with Crippen LogP contribution in [-0.4, -0.2) is 19.6 Å². The first-order valence-electron chi connectivity index (χ1n) is 1.17. The minimum absolute atomic E-state index is 0. The molecule has 0 aliphatic heterocycles. The lowest BCUT2D eigenvalue weighted by Crippen LogP contribution is -1.73. The molecule has 0 amide bonds. The molecule has 60 valence electrons. The standard InChI is InChI=1S/H4O5P2.2H3P/c1-6(2)5-7(3)4;;/h1-4H;2*1H3. The van der Waals surface area contributed by atoms with E-state index in [1.165, 1.54) is 0 Å². The Kier molecular flexibility index (Phi) is 17.8. The lowest BCUT2D eigenvalue weighted by Gasteiger charge is -2.00. The van der Waals surface area contributed by atoms with E-state index in [9.17, 15) is 0 Å². The van der Waals surface area contributed by atoms with Crippen molar-refractivity contribution in [1.29, 1.82) is 0 Å². The van der Waals surface area contributed by atoms with E-state index in [4.69, 9.17) is 19.6 Å². The van der Waals surface area contributed by atoms with Crippen LogP contribution in [0.2, 0.25) is 0 Å². The fraction of sp³-hybridized carbons (Fsp3) is 0. The van der Waals surface area contributed by atoms with Gasteiger partial charge in [-0.25, -0.2) is 4.31 Å². The first-order chi connectivity index (χ1) is 3.13. The first kappa shape index (κ1) is 16.9. The normalized spacial score (nSPS) is 8.67. The Labute approximate surface area is 61.7 Å². The van der Waals surface area contributed by atoms with Gasteiger partial charge in [0.2, 0.25) is 0 Å². The maximum Gasteiger partial charge on any atom is 0.334 e. The Morgan fingerprint density at radius 3 is 1.00 bits per heavy atom. The van der Waals surface area contributed by atoms with Gasteiger partial charge in [-0.3, -0.25) is 0 Å². The van der Waals surface area contributed by atoms with Gasteiger partial charge in [0.25, 0.3) is 0 Å². The average molecular weight is 214 g/mol. The molecule has 0 aliphatic rings. The fourth-order valence-corrected chi connectivity index (χ4v) is 0.588. The minimum Gasteiger partial charge on any atom is -0.328 e. The Bertz CT molecular complexity index is 38.2. The molecule has 9 heavy (non-hydrogen) atoms. The van der Waals surface area contributed by atoms with Crippen LogP contribution in [0, 0.1) is 0 Å². The highest BCUT2D eigenvalue weighted by Gasteiger charge is 2.05. The lowest BCUT2D eigenvalue weighted by atomic mass is 15.7. The molecule has 2 atom stereocenters. The van der Waals surface area contributed by atoms with Crippen LogP contribution in [0.1, 0.15) is 0 Å². The van der Waals surface area contributed by atoms with Gasteiger partial charge in [-0.1, -0.05) is 0 Å². The summed E-state index contributed by atoms with van der Waals surface area (Å²) in [5, 5.41) is 0. The average Bonchev–Trinajstić information content (AvgIpc) is 1.27. The molecule has 0 fully saturated rings. The summed E-state index contributed by atoms with van der Waals surface area (Å²) >= 11 is 0. The smallest absolute Gasteiger partial charge is 0.328 e. The summed E-state index contributed by atoms with van der Waals surface area (Å²) in [6.07, 6.45) is 0. The topological polar surface area (TPSA) is 90.2 Å². The fourth-order valence-electron chi connectivity index (χ4n) is 0.0653. The Hall–Kier alpha value is 1.52. The monoisotopic (exact) mass is 214 g/mol. The van der Waals surface area contributed by atoms with Crippen LogP contribution in [0.5, 0.6) is 0 Å². The first-order valence-corrected chi connectivity index (χ1v) is 3.50. The van der Waals surface area contributed by atoms with Crippen molar-refractivity contribution in [2.75, 3.05) is 0 Å². The van der Waals surface area contributed by atoms with Crippen molar-refractivity contribution < 1.29 is 23.9 Å². The van der Waals surface area contributed by atoms with E-state index in [-0.39, 0.29) is 19.8 Å². The molecule has 0 heterocycles. The summed E-state index contributed by atoms with van der Waals surface area (Å²) in [6, 6.07) is 0. The third kappa shape index (κ3) is 17.7. The van der Waals surface area contributed by atoms with Gasteiger partial charge >= 0.3 is 17.2 Å². The highest BCUT2D eigenvalue weighted by molar-refractivity contribution is 7.53. The zero-order chi connectivity index (χ0) is 5.86. The highest BCUT2D eigenvalue weighted by Crippen LogP contribution is 2.41. The molecule has 5 nitrogen and oxygen atoms in total. The number of hydrogen-bond donors (Lipinski definition) is 4. The van der Waals surface area contributed by atoms with Gasteiger partial charge in [0, 0.05) is 0 Å². The summed E-state index contributed by atoms with van der Waals surface area (Å²) in [5.41, 5.74) is 0. The molecule has 4 N–H and O–H groups in total. The van der Waals surface area contributed by atoms with Crippen molar-refractivity contribution in [1.82, 2.24) is 0 Å². The molecule has 0 rings (SSSR count). The zero-order valence-electron chi connectivity index (χ0n) is 4.51. The molecular weight excluding hydrogens is 204 g/mol. The molecule has 0 saturated carbocycles. The van der Waals surface area contributed by atoms with Crippen LogP contribution in [0.15, 0.2) is 0 Å². The summed E-state index contributed by atoms with van der Waals surface area (Å²) < 4.78 is 3.60.